The topological polar surface area (TPSA) is 128 Å². The molecule has 1 fully saturated rings. The van der Waals surface area contributed by atoms with Crippen LogP contribution >= 0.6 is 0 Å². The molecule has 1 aromatic rings. The number of H-pyrrole nitrogens is 1. The molecule has 1 unspecified atom stereocenters. The molecule has 1 aliphatic heterocycles. The normalized spacial score (nSPS) is 30.8. The highest BCUT2D eigenvalue weighted by molar-refractivity contribution is 5.19. The van der Waals surface area contributed by atoms with Gasteiger partial charge < -0.3 is 14.9 Å². The highest BCUT2D eigenvalue weighted by atomic mass is 16.6. The number of hydrogen-bond acceptors (Lipinski definition) is 6. The zero-order valence-electron chi connectivity index (χ0n) is 9.03. The van der Waals surface area contributed by atoms with Crippen molar-refractivity contribution in [1.29, 1.82) is 5.26 Å². The maximum atomic E-state index is 11.6. The second-order valence-electron chi connectivity index (χ2n) is 3.75. The molecule has 8 heteroatoms. The fourth-order valence-electron chi connectivity index (χ4n) is 1.72. The van der Waals surface area contributed by atoms with Crippen molar-refractivity contribution in [2.75, 3.05) is 0 Å². The van der Waals surface area contributed by atoms with Crippen molar-refractivity contribution in [2.45, 2.75) is 17.9 Å². The minimum Gasteiger partial charge on any atom is -0.454 e. The standard InChI is InChI=1S/C10H9N3O5/c1-5-7(15)8(16)10(4-11,18-5)13-3-2-6(14)12-9(13)17/h2-3,7-8,15-16H,1H2,(H,12,14,17)/t7?,8-,10+/m0/s1. The van der Waals surface area contributed by atoms with Gasteiger partial charge >= 0.3 is 11.4 Å². The van der Waals surface area contributed by atoms with Gasteiger partial charge in [-0.3, -0.25) is 9.78 Å². The van der Waals surface area contributed by atoms with Crippen LogP contribution in [0.4, 0.5) is 0 Å². The lowest BCUT2D eigenvalue weighted by molar-refractivity contribution is -0.0728. The molecule has 8 nitrogen and oxygen atoms in total. The summed E-state index contributed by atoms with van der Waals surface area (Å²) in [6.07, 6.45) is -2.19. The molecule has 3 atom stereocenters. The van der Waals surface area contributed by atoms with E-state index in [0.29, 0.717) is 4.57 Å². The van der Waals surface area contributed by atoms with E-state index in [2.05, 4.69) is 6.58 Å². The number of nitriles is 1. The van der Waals surface area contributed by atoms with Gasteiger partial charge in [-0.1, -0.05) is 6.58 Å². The van der Waals surface area contributed by atoms with E-state index >= 15 is 0 Å². The largest absolute Gasteiger partial charge is 0.454 e. The van der Waals surface area contributed by atoms with Gasteiger partial charge in [0.2, 0.25) is 0 Å². The average Bonchev–Trinajstić information content (AvgIpc) is 2.54. The fourth-order valence-corrected chi connectivity index (χ4v) is 1.72. The van der Waals surface area contributed by atoms with Gasteiger partial charge in [0.05, 0.1) is 0 Å². The summed E-state index contributed by atoms with van der Waals surface area (Å²) in [5, 5.41) is 28.5. The number of hydrogen-bond donors (Lipinski definition) is 3. The summed E-state index contributed by atoms with van der Waals surface area (Å²) in [7, 11) is 0. The van der Waals surface area contributed by atoms with Crippen LogP contribution in [-0.2, 0) is 10.5 Å². The minimum atomic E-state index is -2.14. The first-order chi connectivity index (χ1) is 8.42. The van der Waals surface area contributed by atoms with Crippen LogP contribution in [0.2, 0.25) is 0 Å². The van der Waals surface area contributed by atoms with Crippen LogP contribution in [0.1, 0.15) is 0 Å². The summed E-state index contributed by atoms with van der Waals surface area (Å²) >= 11 is 0. The Bertz CT molecular complexity index is 654. The highest BCUT2D eigenvalue weighted by Gasteiger charge is 2.55. The van der Waals surface area contributed by atoms with Crippen LogP contribution in [0, 0.1) is 11.3 Å². The summed E-state index contributed by atoms with van der Waals surface area (Å²) in [5.74, 6) is -0.234. The lowest BCUT2D eigenvalue weighted by atomic mass is 10.1. The van der Waals surface area contributed by atoms with Gasteiger partial charge in [-0.15, -0.1) is 0 Å². The molecule has 1 aliphatic rings. The van der Waals surface area contributed by atoms with E-state index in [9.17, 15) is 19.8 Å². The Labute approximate surface area is 100.0 Å². The number of aliphatic hydroxyl groups excluding tert-OH is 2. The zero-order chi connectivity index (χ0) is 13.5. The van der Waals surface area contributed by atoms with Gasteiger partial charge in [-0.05, 0) is 0 Å². The first kappa shape index (κ1) is 12.1. The van der Waals surface area contributed by atoms with Gasteiger partial charge in [0.1, 0.15) is 17.9 Å². The highest BCUT2D eigenvalue weighted by Crippen LogP contribution is 2.35. The number of aromatic amines is 1. The predicted molar refractivity (Wildman–Crippen MR) is 57.1 cm³/mol. The van der Waals surface area contributed by atoms with Gasteiger partial charge in [0.25, 0.3) is 5.56 Å². The van der Waals surface area contributed by atoms with Gasteiger partial charge in [0.15, 0.2) is 6.10 Å². The van der Waals surface area contributed by atoms with E-state index in [1.165, 1.54) is 0 Å². The molecule has 0 saturated carbocycles. The molecule has 0 amide bonds. The molecular weight excluding hydrogens is 242 g/mol. The number of nitrogens with one attached hydrogen (secondary N) is 1. The molecule has 2 heterocycles. The van der Waals surface area contributed by atoms with Crippen LogP contribution < -0.4 is 11.2 Å². The third-order valence-electron chi connectivity index (χ3n) is 2.66. The minimum absolute atomic E-state index is 0.234. The van der Waals surface area contributed by atoms with Crippen molar-refractivity contribution >= 4 is 0 Å². The fraction of sp³-hybridized carbons (Fsp3) is 0.300. The van der Waals surface area contributed by atoms with E-state index in [1.54, 1.807) is 6.07 Å². The second kappa shape index (κ2) is 3.83. The van der Waals surface area contributed by atoms with Crippen LogP contribution in [0.25, 0.3) is 0 Å². The smallest absolute Gasteiger partial charge is 0.332 e. The first-order valence-corrected chi connectivity index (χ1v) is 4.90. The third-order valence-corrected chi connectivity index (χ3v) is 2.66. The molecule has 0 aromatic carbocycles. The summed E-state index contributed by atoms with van der Waals surface area (Å²) in [4.78, 5) is 24.5. The average molecular weight is 251 g/mol. The summed E-state index contributed by atoms with van der Waals surface area (Å²) in [6, 6.07) is 2.60. The van der Waals surface area contributed by atoms with E-state index in [-0.39, 0.29) is 5.76 Å². The molecule has 0 aliphatic carbocycles. The summed E-state index contributed by atoms with van der Waals surface area (Å²) < 4.78 is 5.71. The molecule has 0 bridgehead atoms. The second-order valence-corrected chi connectivity index (χ2v) is 3.75. The molecule has 0 spiro atoms. The Morgan fingerprint density at radius 2 is 2.22 bits per heavy atom. The summed E-state index contributed by atoms with van der Waals surface area (Å²) in [5.41, 5.74) is -3.74. The molecule has 1 saturated heterocycles. The van der Waals surface area contributed by atoms with Gasteiger partial charge in [-0.2, -0.15) is 5.26 Å². The van der Waals surface area contributed by atoms with Crippen molar-refractivity contribution in [3.05, 3.63) is 45.4 Å². The maximum absolute atomic E-state index is 11.6. The third kappa shape index (κ3) is 1.46. The predicted octanol–water partition coefficient (Wildman–Crippen LogP) is -2.02. The maximum Gasteiger partial charge on any atom is 0.332 e. The number of rotatable bonds is 1. The first-order valence-electron chi connectivity index (χ1n) is 4.90. The molecule has 2 rings (SSSR count). The molecule has 0 radical (unpaired) electrons. The number of ether oxygens (including phenoxy) is 1. The zero-order valence-corrected chi connectivity index (χ0v) is 9.03. The molecule has 18 heavy (non-hydrogen) atoms. The van der Waals surface area contributed by atoms with Crippen LogP contribution in [0.15, 0.2) is 34.2 Å². The Morgan fingerprint density at radius 3 is 2.67 bits per heavy atom. The van der Waals surface area contributed by atoms with E-state index in [4.69, 9.17) is 10.00 Å². The van der Waals surface area contributed by atoms with E-state index < -0.39 is 29.2 Å². The Balaban J connectivity index is 2.67. The molecule has 1 aromatic heterocycles. The van der Waals surface area contributed by atoms with Crippen molar-refractivity contribution in [3.63, 3.8) is 0 Å². The Morgan fingerprint density at radius 1 is 1.56 bits per heavy atom. The van der Waals surface area contributed by atoms with Crippen molar-refractivity contribution < 1.29 is 14.9 Å². The molecular formula is C10H9N3O5. The van der Waals surface area contributed by atoms with Crippen LogP contribution in [0.3, 0.4) is 0 Å². The number of aliphatic hydroxyl groups is 2. The van der Waals surface area contributed by atoms with E-state index in [1.807, 2.05) is 4.98 Å². The van der Waals surface area contributed by atoms with Crippen molar-refractivity contribution in [3.8, 4) is 6.07 Å². The Kier molecular flexibility index (Phi) is 2.58. The van der Waals surface area contributed by atoms with E-state index in [0.717, 1.165) is 12.3 Å². The van der Waals surface area contributed by atoms with Gasteiger partial charge in [-0.25, -0.2) is 9.36 Å². The SMILES string of the molecule is C=C1O[C@@](C#N)(n2ccc(=O)[nH]c2=O)[C@@H](O)C1O. The van der Waals surface area contributed by atoms with Crippen molar-refractivity contribution in [1.82, 2.24) is 9.55 Å². The number of aromatic nitrogens is 2. The quantitative estimate of drug-likeness (QED) is 0.528. The monoisotopic (exact) mass is 251 g/mol. The lowest BCUT2D eigenvalue weighted by Crippen LogP contribution is -2.50. The Hall–Kier alpha value is -2.37. The number of nitrogens with zero attached hydrogens (tertiary/aromatic N) is 2. The lowest BCUT2D eigenvalue weighted by Gasteiger charge is -2.25. The van der Waals surface area contributed by atoms with Gasteiger partial charge in [0, 0.05) is 12.3 Å². The van der Waals surface area contributed by atoms with Crippen LogP contribution in [0.5, 0.6) is 0 Å². The molecule has 3 N–H and O–H groups in total. The molecule has 94 valence electrons. The summed E-state index contributed by atoms with van der Waals surface area (Å²) in [6.45, 7) is 3.33. The van der Waals surface area contributed by atoms with Crippen LogP contribution in [-0.4, -0.2) is 32.0 Å². The van der Waals surface area contributed by atoms with Crippen molar-refractivity contribution in [2.24, 2.45) is 0 Å².